The second-order valence-electron chi connectivity index (χ2n) is 4.25. The highest BCUT2D eigenvalue weighted by molar-refractivity contribution is 6.03. The number of rotatable bonds is 1. The molecule has 0 fully saturated rings. The molecule has 0 unspecified atom stereocenters. The third kappa shape index (κ3) is 2.03. The molecule has 1 aliphatic heterocycles. The Hall–Kier alpha value is -2.43. The van der Waals surface area contributed by atoms with E-state index in [0.717, 1.165) is 6.07 Å². The molecule has 0 atom stereocenters. The van der Waals surface area contributed by atoms with Crippen LogP contribution in [0.2, 0.25) is 0 Å². The molecule has 1 N–H and O–H groups in total. The first-order chi connectivity index (χ1) is 9.15. The number of nitrogens with zero attached hydrogens (tertiary/aromatic N) is 1. The predicted octanol–water partition coefficient (Wildman–Crippen LogP) is 3.06. The summed E-state index contributed by atoms with van der Waals surface area (Å²) in [5.41, 5.74) is 1.05. The van der Waals surface area contributed by atoms with Gasteiger partial charge in [-0.15, -0.1) is 0 Å². The van der Waals surface area contributed by atoms with Crippen LogP contribution < -0.4 is 10.2 Å². The molecule has 0 saturated carbocycles. The highest BCUT2D eigenvalue weighted by Gasteiger charge is 2.26. The van der Waals surface area contributed by atoms with Gasteiger partial charge >= 0.3 is 0 Å². The van der Waals surface area contributed by atoms with Crippen molar-refractivity contribution in [1.82, 2.24) is 0 Å². The summed E-state index contributed by atoms with van der Waals surface area (Å²) in [6, 6.07) is 11.0. The van der Waals surface area contributed by atoms with Crippen LogP contribution in [-0.2, 0) is 4.79 Å². The van der Waals surface area contributed by atoms with Gasteiger partial charge in [0.1, 0.15) is 18.0 Å². The van der Waals surface area contributed by atoms with Crippen molar-refractivity contribution < 1.29 is 13.6 Å². The average Bonchev–Trinajstić information content (AvgIpc) is 2.40. The number of carbonyl (C=O) groups is 1. The van der Waals surface area contributed by atoms with Gasteiger partial charge in [-0.3, -0.25) is 4.79 Å². The van der Waals surface area contributed by atoms with Crippen molar-refractivity contribution in [3.63, 3.8) is 0 Å². The van der Waals surface area contributed by atoms with Gasteiger partial charge in [0.15, 0.2) is 5.82 Å². The van der Waals surface area contributed by atoms with Gasteiger partial charge in [0.05, 0.1) is 5.69 Å². The lowest BCUT2D eigenvalue weighted by Gasteiger charge is -2.31. The topological polar surface area (TPSA) is 32.3 Å². The second kappa shape index (κ2) is 4.35. The number of para-hydroxylation sites is 1. The van der Waals surface area contributed by atoms with Crippen LogP contribution >= 0.6 is 0 Å². The van der Waals surface area contributed by atoms with E-state index in [1.165, 1.54) is 6.07 Å². The first kappa shape index (κ1) is 11.6. The lowest BCUT2D eigenvalue weighted by molar-refractivity contribution is -0.115. The van der Waals surface area contributed by atoms with E-state index in [1.54, 1.807) is 29.2 Å². The molecule has 0 saturated heterocycles. The summed E-state index contributed by atoms with van der Waals surface area (Å²) in [5, 5.41) is 2.43. The molecule has 0 radical (unpaired) electrons. The number of carbonyl (C=O) groups excluding carboxylic acids is 1. The molecule has 0 aromatic heterocycles. The minimum absolute atomic E-state index is 0.0153. The molecule has 19 heavy (non-hydrogen) atoms. The van der Waals surface area contributed by atoms with E-state index in [1.807, 2.05) is 6.07 Å². The number of amides is 1. The first-order valence-corrected chi connectivity index (χ1v) is 5.76. The molecule has 0 bridgehead atoms. The van der Waals surface area contributed by atoms with Crippen LogP contribution in [0, 0.1) is 11.6 Å². The van der Waals surface area contributed by atoms with E-state index < -0.39 is 11.6 Å². The fourth-order valence-corrected chi connectivity index (χ4v) is 2.14. The maximum atomic E-state index is 13.7. The van der Waals surface area contributed by atoms with Crippen molar-refractivity contribution in [3.05, 3.63) is 54.1 Å². The van der Waals surface area contributed by atoms with Crippen LogP contribution in [0.15, 0.2) is 42.5 Å². The number of halogens is 2. The molecule has 3 nitrogen and oxygen atoms in total. The Kier molecular flexibility index (Phi) is 2.67. The van der Waals surface area contributed by atoms with Crippen LogP contribution in [0.25, 0.3) is 0 Å². The van der Waals surface area contributed by atoms with Crippen molar-refractivity contribution in [2.24, 2.45) is 0 Å². The van der Waals surface area contributed by atoms with Crippen molar-refractivity contribution in [2.45, 2.75) is 0 Å². The van der Waals surface area contributed by atoms with Crippen LogP contribution in [0.3, 0.4) is 0 Å². The summed E-state index contributed by atoms with van der Waals surface area (Å²) in [6.45, 7) is 0.0277. The zero-order valence-corrected chi connectivity index (χ0v) is 9.86. The maximum Gasteiger partial charge on any atom is 0.244 e. The third-order valence-electron chi connectivity index (χ3n) is 2.96. The SMILES string of the molecule is O=C1CN(c2ccccc2)c2cc(F)cc(F)c2N1. The van der Waals surface area contributed by atoms with Crippen molar-refractivity contribution >= 4 is 23.0 Å². The van der Waals surface area contributed by atoms with Crippen molar-refractivity contribution in [1.29, 1.82) is 0 Å². The Balaban J connectivity index is 2.17. The summed E-state index contributed by atoms with van der Waals surface area (Å²) in [4.78, 5) is 13.2. The highest BCUT2D eigenvalue weighted by atomic mass is 19.1. The molecule has 96 valence electrons. The Labute approximate surface area is 108 Å². The summed E-state index contributed by atoms with van der Waals surface area (Å²) >= 11 is 0. The van der Waals surface area contributed by atoms with Crippen molar-refractivity contribution in [3.8, 4) is 0 Å². The third-order valence-corrected chi connectivity index (χ3v) is 2.96. The lowest BCUT2D eigenvalue weighted by Crippen LogP contribution is -2.35. The molecule has 2 aromatic rings. The Morgan fingerprint density at radius 3 is 2.58 bits per heavy atom. The zero-order valence-electron chi connectivity index (χ0n) is 9.86. The van der Waals surface area contributed by atoms with E-state index in [9.17, 15) is 13.6 Å². The van der Waals surface area contributed by atoms with Crippen LogP contribution in [0.1, 0.15) is 0 Å². The van der Waals surface area contributed by atoms with Crippen LogP contribution in [0.5, 0.6) is 0 Å². The van der Waals surface area contributed by atoms with E-state index in [2.05, 4.69) is 5.32 Å². The maximum absolute atomic E-state index is 13.7. The van der Waals surface area contributed by atoms with Crippen LogP contribution in [-0.4, -0.2) is 12.5 Å². The monoisotopic (exact) mass is 260 g/mol. The summed E-state index contributed by atoms with van der Waals surface area (Å²) in [5.74, 6) is -1.78. The summed E-state index contributed by atoms with van der Waals surface area (Å²) in [6.07, 6.45) is 0. The van der Waals surface area contributed by atoms with Gasteiger partial charge in [0, 0.05) is 11.8 Å². The van der Waals surface area contributed by atoms with Gasteiger partial charge in [0.25, 0.3) is 0 Å². The van der Waals surface area contributed by atoms with Crippen molar-refractivity contribution in [2.75, 3.05) is 16.8 Å². The molecule has 2 aromatic carbocycles. The zero-order chi connectivity index (χ0) is 13.4. The van der Waals surface area contributed by atoms with E-state index in [-0.39, 0.29) is 18.1 Å². The predicted molar refractivity (Wildman–Crippen MR) is 68.4 cm³/mol. The number of nitrogens with one attached hydrogen (secondary N) is 1. The van der Waals surface area contributed by atoms with Gasteiger partial charge in [-0.25, -0.2) is 8.78 Å². The number of hydrogen-bond acceptors (Lipinski definition) is 2. The normalized spacial score (nSPS) is 14.0. The van der Waals surface area contributed by atoms with E-state index in [4.69, 9.17) is 0 Å². The van der Waals surface area contributed by atoms with Gasteiger partial charge in [-0.1, -0.05) is 18.2 Å². The number of hydrogen-bond donors (Lipinski definition) is 1. The fraction of sp³-hybridized carbons (Fsp3) is 0.0714. The second-order valence-corrected chi connectivity index (χ2v) is 4.25. The fourth-order valence-electron chi connectivity index (χ4n) is 2.14. The number of anilines is 3. The van der Waals surface area contributed by atoms with Gasteiger partial charge in [0.2, 0.25) is 5.91 Å². The van der Waals surface area contributed by atoms with E-state index >= 15 is 0 Å². The van der Waals surface area contributed by atoms with Crippen LogP contribution in [0.4, 0.5) is 25.8 Å². The molecule has 1 aliphatic rings. The molecule has 5 heteroatoms. The van der Waals surface area contributed by atoms with Gasteiger partial charge in [-0.2, -0.15) is 0 Å². The molecule has 0 aliphatic carbocycles. The molecule has 3 rings (SSSR count). The summed E-state index contributed by atoms with van der Waals surface area (Å²) in [7, 11) is 0. The highest BCUT2D eigenvalue weighted by Crippen LogP contribution is 2.37. The number of fused-ring (bicyclic) bond motifs is 1. The Morgan fingerprint density at radius 2 is 1.84 bits per heavy atom. The lowest BCUT2D eigenvalue weighted by atomic mass is 10.1. The molecule has 1 amide bonds. The minimum Gasteiger partial charge on any atom is -0.330 e. The first-order valence-electron chi connectivity index (χ1n) is 5.76. The minimum atomic E-state index is -0.774. The molecule has 0 spiro atoms. The molecular formula is C14H10F2N2O. The average molecular weight is 260 g/mol. The molecular weight excluding hydrogens is 250 g/mol. The Morgan fingerprint density at radius 1 is 1.11 bits per heavy atom. The summed E-state index contributed by atoms with van der Waals surface area (Å²) < 4.78 is 27.1. The standard InChI is InChI=1S/C14H10F2N2O/c15-9-6-11(16)14-12(7-9)18(8-13(19)17-14)10-4-2-1-3-5-10/h1-7H,8H2,(H,17,19). The van der Waals surface area contributed by atoms with Gasteiger partial charge in [-0.05, 0) is 18.2 Å². The Bertz CT molecular complexity index is 643. The largest absolute Gasteiger partial charge is 0.330 e. The van der Waals surface area contributed by atoms with Gasteiger partial charge < -0.3 is 10.2 Å². The molecule has 1 heterocycles. The number of benzene rings is 2. The quantitative estimate of drug-likeness (QED) is 0.854. The van der Waals surface area contributed by atoms with E-state index in [0.29, 0.717) is 11.4 Å². The smallest absolute Gasteiger partial charge is 0.244 e.